The molecule has 30 heavy (non-hydrogen) atoms. The van der Waals surface area contributed by atoms with Crippen molar-refractivity contribution in [2.45, 2.75) is 39.7 Å². The zero-order chi connectivity index (χ0) is 22.6. The topological polar surface area (TPSA) is 87.4 Å². The molecule has 160 valence electrons. The Hall–Kier alpha value is -2.19. The number of Topliss-reactive ketones (excluding diaryl/α,β-unsaturated/α-hetero) is 1. The molecule has 0 radical (unpaired) electrons. The first-order chi connectivity index (χ1) is 14.0. The Morgan fingerprint density at radius 2 is 2.07 bits per heavy atom. The maximum absolute atomic E-state index is 13.0. The summed E-state index contributed by atoms with van der Waals surface area (Å²) in [7, 11) is 4.90. The molecule has 1 N–H and O–H groups in total. The van der Waals surface area contributed by atoms with Crippen molar-refractivity contribution in [1.82, 2.24) is 14.2 Å². The van der Waals surface area contributed by atoms with Gasteiger partial charge in [-0.05, 0) is 51.0 Å². The molecule has 1 aliphatic rings. The maximum atomic E-state index is 13.0. The summed E-state index contributed by atoms with van der Waals surface area (Å²) < 4.78 is 7.17. The average molecular weight is 540 g/mol. The van der Waals surface area contributed by atoms with E-state index in [2.05, 4.69) is 26.5 Å². The quantitative estimate of drug-likeness (QED) is 0.249. The molecule has 1 aromatic heterocycles. The van der Waals surface area contributed by atoms with Crippen molar-refractivity contribution in [2.75, 3.05) is 14.1 Å². The minimum Gasteiger partial charge on any atom is -0.444 e. The van der Waals surface area contributed by atoms with Gasteiger partial charge in [0.25, 0.3) is 0 Å². The molecule has 2 rings (SSSR count). The van der Waals surface area contributed by atoms with Gasteiger partial charge < -0.3 is 9.64 Å². The lowest BCUT2D eigenvalue weighted by atomic mass is 10.1. The van der Waals surface area contributed by atoms with Gasteiger partial charge in [-0.25, -0.2) is 4.79 Å². The number of allylic oxidation sites excluding steroid dienone is 3. The van der Waals surface area contributed by atoms with Crippen LogP contribution < -0.4 is 5.32 Å². The number of halogens is 1. The van der Waals surface area contributed by atoms with Crippen molar-refractivity contribution in [3.8, 4) is 6.07 Å². The number of nitriles is 1. The van der Waals surface area contributed by atoms with Crippen LogP contribution in [0.25, 0.3) is 6.08 Å². The normalized spacial score (nSPS) is 14.0. The SMILES string of the molecule is CC1=Cc2cc(C(=O)/C(C#N)=C/N(C)C)n(SI)c2CC=C1NC(=O)OC(C)(C)C. The first-order valence-corrected chi connectivity index (χ1v) is 12.5. The molecular weight excluding hydrogens is 515 g/mol. The molecule has 9 heteroatoms. The summed E-state index contributed by atoms with van der Waals surface area (Å²) in [6.45, 7) is 7.32. The number of amides is 1. The molecule has 0 aliphatic heterocycles. The number of carbonyl (C=O) groups is 2. The Balaban J connectivity index is 2.38. The molecule has 0 bridgehead atoms. The second-order valence-electron chi connectivity index (χ2n) is 8.02. The summed E-state index contributed by atoms with van der Waals surface area (Å²) in [5.41, 5.74) is 3.23. The van der Waals surface area contributed by atoms with Crippen LogP contribution in [0.4, 0.5) is 4.79 Å². The van der Waals surface area contributed by atoms with Crippen LogP contribution in [-0.4, -0.2) is 40.4 Å². The number of nitrogens with zero attached hydrogens (tertiary/aromatic N) is 3. The number of alkyl carbamates (subject to hydrolysis) is 1. The summed E-state index contributed by atoms with van der Waals surface area (Å²) in [4.78, 5) is 26.8. The van der Waals surface area contributed by atoms with Gasteiger partial charge in [0.1, 0.15) is 22.9 Å². The van der Waals surface area contributed by atoms with E-state index in [0.29, 0.717) is 17.8 Å². The van der Waals surface area contributed by atoms with Crippen LogP contribution in [0.15, 0.2) is 35.2 Å². The lowest BCUT2D eigenvalue weighted by molar-refractivity contribution is 0.0547. The van der Waals surface area contributed by atoms with E-state index in [0.717, 1.165) is 16.8 Å². The zero-order valence-corrected chi connectivity index (χ0v) is 20.8. The molecule has 0 saturated heterocycles. The van der Waals surface area contributed by atoms with Crippen LogP contribution in [0.2, 0.25) is 0 Å². The fourth-order valence-corrected chi connectivity index (χ4v) is 4.71. The number of fused-ring (bicyclic) bond motifs is 1. The van der Waals surface area contributed by atoms with Gasteiger partial charge >= 0.3 is 6.09 Å². The molecule has 1 amide bonds. The summed E-state index contributed by atoms with van der Waals surface area (Å²) in [6.07, 6.45) is 5.35. The van der Waals surface area contributed by atoms with E-state index in [-0.39, 0.29) is 11.4 Å². The number of aromatic nitrogens is 1. The number of nitrogens with one attached hydrogen (secondary N) is 1. The molecule has 0 aromatic carbocycles. The third kappa shape index (κ3) is 5.92. The van der Waals surface area contributed by atoms with E-state index in [1.54, 1.807) is 25.1 Å². The van der Waals surface area contributed by atoms with Crippen molar-refractivity contribution in [1.29, 1.82) is 5.26 Å². The van der Waals surface area contributed by atoms with Crippen LogP contribution in [0.5, 0.6) is 0 Å². The van der Waals surface area contributed by atoms with E-state index in [1.807, 2.05) is 49.9 Å². The Morgan fingerprint density at radius 3 is 2.60 bits per heavy atom. The highest BCUT2D eigenvalue weighted by molar-refractivity contribution is 14.2. The fourth-order valence-electron chi connectivity index (χ4n) is 2.88. The van der Waals surface area contributed by atoms with Gasteiger partial charge in [0.2, 0.25) is 5.78 Å². The van der Waals surface area contributed by atoms with Crippen LogP contribution in [-0.2, 0) is 11.2 Å². The predicted molar refractivity (Wildman–Crippen MR) is 128 cm³/mol. The van der Waals surface area contributed by atoms with Crippen molar-refractivity contribution < 1.29 is 14.3 Å². The highest BCUT2D eigenvalue weighted by Crippen LogP contribution is 2.32. The Morgan fingerprint density at radius 1 is 1.40 bits per heavy atom. The van der Waals surface area contributed by atoms with E-state index in [4.69, 9.17) is 4.74 Å². The monoisotopic (exact) mass is 540 g/mol. The van der Waals surface area contributed by atoms with Gasteiger partial charge in [-0.2, -0.15) is 5.26 Å². The number of carbonyl (C=O) groups excluding carboxylic acids is 2. The molecule has 0 spiro atoms. The minimum absolute atomic E-state index is 0.0721. The first-order valence-electron chi connectivity index (χ1n) is 9.22. The van der Waals surface area contributed by atoms with Crippen molar-refractivity contribution in [3.63, 3.8) is 0 Å². The lowest BCUT2D eigenvalue weighted by Gasteiger charge is -2.20. The number of hydrogen-bond donors (Lipinski definition) is 1. The molecule has 1 heterocycles. The molecule has 0 unspecified atom stereocenters. The number of ether oxygens (including phenoxy) is 1. The van der Waals surface area contributed by atoms with Gasteiger partial charge in [0, 0.05) is 68.4 Å². The minimum atomic E-state index is -0.585. The average Bonchev–Trinajstić information content (AvgIpc) is 2.90. The van der Waals surface area contributed by atoms with Crippen LogP contribution in [0, 0.1) is 11.3 Å². The standard InChI is InChI=1S/C21H25IN4O3S/c1-13-9-14-10-18(19(27)15(11-23)12-25(5)6)26(30-22)17(14)8-7-16(13)24-20(28)29-21(2,3)4/h7,9-10,12H,8H2,1-6H3,(H,24,28)/b15-12+. The van der Waals surface area contributed by atoms with E-state index in [9.17, 15) is 14.9 Å². The van der Waals surface area contributed by atoms with Crippen molar-refractivity contribution in [2.24, 2.45) is 0 Å². The van der Waals surface area contributed by atoms with Crippen LogP contribution >= 0.6 is 30.3 Å². The number of hydrogen-bond acceptors (Lipinski definition) is 6. The van der Waals surface area contributed by atoms with Gasteiger partial charge in [-0.1, -0.05) is 6.08 Å². The van der Waals surface area contributed by atoms with Gasteiger partial charge in [0.15, 0.2) is 0 Å². The predicted octanol–water partition coefficient (Wildman–Crippen LogP) is 4.85. The summed E-state index contributed by atoms with van der Waals surface area (Å²) >= 11 is 2.12. The molecule has 0 atom stereocenters. The maximum Gasteiger partial charge on any atom is 0.412 e. The highest BCUT2D eigenvalue weighted by Gasteiger charge is 2.24. The largest absolute Gasteiger partial charge is 0.444 e. The molecule has 0 fully saturated rings. The van der Waals surface area contributed by atoms with E-state index in [1.165, 1.54) is 15.3 Å². The van der Waals surface area contributed by atoms with Crippen LogP contribution in [0.3, 0.4) is 0 Å². The summed E-state index contributed by atoms with van der Waals surface area (Å²) in [5, 5.41) is 12.2. The molecule has 1 aromatic rings. The Kier molecular flexibility index (Phi) is 7.82. The second-order valence-corrected chi connectivity index (χ2v) is 9.70. The lowest BCUT2D eigenvalue weighted by Crippen LogP contribution is -2.32. The van der Waals surface area contributed by atoms with Crippen molar-refractivity contribution in [3.05, 3.63) is 52.1 Å². The summed E-state index contributed by atoms with van der Waals surface area (Å²) in [6, 6.07) is 3.78. The molecule has 1 aliphatic carbocycles. The van der Waals surface area contributed by atoms with Gasteiger partial charge in [-0.15, -0.1) is 0 Å². The second kappa shape index (κ2) is 9.75. The van der Waals surface area contributed by atoms with Gasteiger partial charge in [-0.3, -0.25) is 14.1 Å². The zero-order valence-electron chi connectivity index (χ0n) is 17.9. The third-order valence-corrected chi connectivity index (χ3v) is 5.81. The van der Waals surface area contributed by atoms with Gasteiger partial charge in [0.05, 0.1) is 0 Å². The smallest absolute Gasteiger partial charge is 0.412 e. The fraction of sp³-hybridized carbons (Fsp3) is 0.381. The third-order valence-electron chi connectivity index (χ3n) is 4.08. The number of ketones is 1. The molecular formula is C21H25IN4O3S. The molecule has 0 saturated carbocycles. The Labute approximate surface area is 193 Å². The van der Waals surface area contributed by atoms with Crippen LogP contribution in [0.1, 0.15) is 49.4 Å². The van der Waals surface area contributed by atoms with Crippen molar-refractivity contribution >= 4 is 48.3 Å². The van der Waals surface area contributed by atoms with E-state index < -0.39 is 11.7 Å². The first kappa shape index (κ1) is 24.1. The Bertz CT molecular complexity index is 991. The molecule has 7 nitrogen and oxygen atoms in total. The van der Waals surface area contributed by atoms with E-state index >= 15 is 0 Å². The number of rotatable bonds is 5. The summed E-state index contributed by atoms with van der Waals surface area (Å²) in [5.74, 6) is -0.328. The highest BCUT2D eigenvalue weighted by atomic mass is 127.